The highest BCUT2D eigenvalue weighted by Gasteiger charge is 2.18. The van der Waals surface area contributed by atoms with Crippen LogP contribution in [0, 0.1) is 11.3 Å². The van der Waals surface area contributed by atoms with Gasteiger partial charge in [-0.05, 0) is 46.6 Å². The van der Waals surface area contributed by atoms with Gasteiger partial charge in [0.05, 0.1) is 0 Å². The van der Waals surface area contributed by atoms with Crippen molar-refractivity contribution >= 4 is 33.6 Å². The lowest BCUT2D eigenvalue weighted by Crippen LogP contribution is -2.03. The Labute approximate surface area is 151 Å². The Morgan fingerprint density at radius 2 is 2.12 bits per heavy atom. The fourth-order valence-corrected chi connectivity index (χ4v) is 3.34. The van der Waals surface area contributed by atoms with Gasteiger partial charge in [0.15, 0.2) is 10.4 Å². The molecule has 3 aromatic rings. The van der Waals surface area contributed by atoms with Crippen LogP contribution < -0.4 is 5.73 Å². The Hall–Kier alpha value is -2.37. The van der Waals surface area contributed by atoms with Crippen LogP contribution in [0.4, 0.5) is 5.95 Å². The molecule has 6 nitrogen and oxygen atoms in total. The molecule has 3 aromatic heterocycles. The SMILES string of the molecule is N#Cc1c(SCCc2ccccn2)nc(N)nc1-c1ccc(Br)o1. The molecule has 3 heterocycles. The number of pyridine rings is 1. The molecule has 2 N–H and O–H groups in total. The first-order valence-corrected chi connectivity index (χ1v) is 8.81. The van der Waals surface area contributed by atoms with Crippen LogP contribution in [0.25, 0.3) is 11.5 Å². The smallest absolute Gasteiger partial charge is 0.221 e. The zero-order valence-corrected chi connectivity index (χ0v) is 14.8. The minimum atomic E-state index is 0.108. The Morgan fingerprint density at radius 1 is 1.25 bits per heavy atom. The molecule has 0 saturated carbocycles. The minimum Gasteiger partial charge on any atom is -0.448 e. The van der Waals surface area contributed by atoms with Crippen molar-refractivity contribution in [3.63, 3.8) is 0 Å². The van der Waals surface area contributed by atoms with Crippen molar-refractivity contribution < 1.29 is 4.42 Å². The number of halogens is 1. The van der Waals surface area contributed by atoms with Crippen LogP contribution in [-0.2, 0) is 6.42 Å². The van der Waals surface area contributed by atoms with E-state index in [4.69, 9.17) is 10.2 Å². The van der Waals surface area contributed by atoms with Crippen molar-refractivity contribution in [2.75, 3.05) is 11.5 Å². The second kappa shape index (κ2) is 7.47. The van der Waals surface area contributed by atoms with Gasteiger partial charge in [0.1, 0.15) is 22.4 Å². The standard InChI is InChI=1S/C16H12BrN5OS/c17-13-5-4-12(23-13)14-11(9-18)15(22-16(19)21-14)24-8-6-10-3-1-2-7-20-10/h1-5,7H,6,8H2,(H2,19,21,22). The number of nitriles is 1. The molecule has 0 unspecified atom stereocenters. The molecule has 0 radical (unpaired) electrons. The number of furan rings is 1. The molecule has 0 aliphatic heterocycles. The molecule has 0 amide bonds. The largest absolute Gasteiger partial charge is 0.448 e. The van der Waals surface area contributed by atoms with E-state index in [0.717, 1.165) is 17.9 Å². The van der Waals surface area contributed by atoms with Crippen molar-refractivity contribution in [1.82, 2.24) is 15.0 Å². The van der Waals surface area contributed by atoms with Crippen LogP contribution >= 0.6 is 27.7 Å². The second-order valence-electron chi connectivity index (χ2n) is 4.75. The number of thioether (sulfide) groups is 1. The van der Waals surface area contributed by atoms with Gasteiger partial charge in [0, 0.05) is 17.6 Å². The molecular weight excluding hydrogens is 390 g/mol. The Bertz CT molecular complexity index is 891. The summed E-state index contributed by atoms with van der Waals surface area (Å²) in [4.78, 5) is 12.6. The lowest BCUT2D eigenvalue weighted by atomic mass is 10.2. The average Bonchev–Trinajstić information content (AvgIpc) is 3.02. The van der Waals surface area contributed by atoms with Crippen LogP contribution in [0.2, 0.25) is 0 Å². The topological polar surface area (TPSA) is 102 Å². The first kappa shape index (κ1) is 16.5. The summed E-state index contributed by atoms with van der Waals surface area (Å²) in [6.45, 7) is 0. The highest BCUT2D eigenvalue weighted by atomic mass is 79.9. The molecule has 0 atom stereocenters. The van der Waals surface area contributed by atoms with Gasteiger partial charge < -0.3 is 10.2 Å². The van der Waals surface area contributed by atoms with Crippen LogP contribution in [0.5, 0.6) is 0 Å². The summed E-state index contributed by atoms with van der Waals surface area (Å²) in [5.74, 6) is 1.31. The van der Waals surface area contributed by atoms with Gasteiger partial charge in [-0.1, -0.05) is 6.07 Å². The zero-order valence-electron chi connectivity index (χ0n) is 12.4. The van der Waals surface area contributed by atoms with Gasteiger partial charge in [-0.2, -0.15) is 5.26 Å². The van der Waals surface area contributed by atoms with Gasteiger partial charge in [-0.25, -0.2) is 9.97 Å². The third-order valence-corrected chi connectivity index (χ3v) is 4.54. The van der Waals surface area contributed by atoms with Crippen LogP contribution in [0.15, 0.2) is 50.6 Å². The van der Waals surface area contributed by atoms with E-state index in [1.54, 1.807) is 18.3 Å². The number of aromatic nitrogens is 3. The fourth-order valence-electron chi connectivity index (χ4n) is 2.08. The molecule has 0 aliphatic rings. The third-order valence-electron chi connectivity index (χ3n) is 3.13. The number of hydrogen-bond donors (Lipinski definition) is 1. The van der Waals surface area contributed by atoms with E-state index in [9.17, 15) is 5.26 Å². The number of nitrogens with zero attached hydrogens (tertiary/aromatic N) is 4. The summed E-state index contributed by atoms with van der Waals surface area (Å²) < 4.78 is 6.05. The molecule has 0 aliphatic carbocycles. The predicted molar refractivity (Wildman–Crippen MR) is 95.2 cm³/mol. The van der Waals surface area contributed by atoms with Gasteiger partial charge in [-0.3, -0.25) is 4.98 Å². The number of anilines is 1. The van der Waals surface area contributed by atoms with E-state index < -0.39 is 0 Å². The van der Waals surface area contributed by atoms with Gasteiger partial charge >= 0.3 is 0 Å². The van der Waals surface area contributed by atoms with Crippen molar-refractivity contribution in [1.29, 1.82) is 5.26 Å². The summed E-state index contributed by atoms with van der Waals surface area (Å²) in [5, 5.41) is 10.1. The van der Waals surface area contributed by atoms with Crippen LogP contribution in [0.3, 0.4) is 0 Å². The lowest BCUT2D eigenvalue weighted by molar-refractivity contribution is 0.553. The quantitative estimate of drug-likeness (QED) is 0.513. The lowest BCUT2D eigenvalue weighted by Gasteiger charge is -2.07. The summed E-state index contributed by atoms with van der Waals surface area (Å²) in [6.07, 6.45) is 2.53. The maximum absolute atomic E-state index is 9.52. The third kappa shape index (κ3) is 3.75. The van der Waals surface area contributed by atoms with E-state index in [1.165, 1.54) is 11.8 Å². The number of hydrogen-bond acceptors (Lipinski definition) is 7. The first-order chi connectivity index (χ1) is 11.7. The molecule has 3 rings (SSSR count). The summed E-state index contributed by atoms with van der Waals surface area (Å²) in [6, 6.07) is 11.4. The normalized spacial score (nSPS) is 10.5. The van der Waals surface area contributed by atoms with Gasteiger partial charge in [-0.15, -0.1) is 11.8 Å². The van der Waals surface area contributed by atoms with Gasteiger partial charge in [0.2, 0.25) is 5.95 Å². The van der Waals surface area contributed by atoms with E-state index >= 15 is 0 Å². The van der Waals surface area contributed by atoms with Crippen LogP contribution in [-0.4, -0.2) is 20.7 Å². The van der Waals surface area contributed by atoms with E-state index in [1.807, 2.05) is 18.2 Å². The average molecular weight is 402 g/mol. The van der Waals surface area contributed by atoms with Gasteiger partial charge in [0.25, 0.3) is 0 Å². The molecule has 0 spiro atoms. The zero-order chi connectivity index (χ0) is 16.9. The van der Waals surface area contributed by atoms with E-state index in [0.29, 0.717) is 26.7 Å². The van der Waals surface area contributed by atoms with Crippen molar-refractivity contribution in [2.45, 2.75) is 11.4 Å². The monoisotopic (exact) mass is 401 g/mol. The molecule has 8 heteroatoms. The van der Waals surface area contributed by atoms with Crippen molar-refractivity contribution in [3.05, 3.63) is 52.5 Å². The van der Waals surface area contributed by atoms with E-state index in [-0.39, 0.29) is 5.95 Å². The molecule has 0 fully saturated rings. The van der Waals surface area contributed by atoms with Crippen LogP contribution in [0.1, 0.15) is 11.3 Å². The van der Waals surface area contributed by atoms with E-state index in [2.05, 4.69) is 37.0 Å². The predicted octanol–water partition coefficient (Wildman–Crippen LogP) is 3.68. The molecule has 24 heavy (non-hydrogen) atoms. The molecule has 0 aromatic carbocycles. The summed E-state index contributed by atoms with van der Waals surface area (Å²) >= 11 is 4.69. The number of aryl methyl sites for hydroxylation is 1. The minimum absolute atomic E-state index is 0.108. The molecular formula is C16H12BrN5OS. The van der Waals surface area contributed by atoms with Crippen molar-refractivity contribution in [2.24, 2.45) is 0 Å². The summed E-state index contributed by atoms with van der Waals surface area (Å²) in [5.41, 5.74) is 7.54. The Balaban J connectivity index is 1.85. The highest BCUT2D eigenvalue weighted by molar-refractivity contribution is 9.10. The molecule has 0 saturated heterocycles. The van der Waals surface area contributed by atoms with Crippen molar-refractivity contribution in [3.8, 4) is 17.5 Å². The number of rotatable bonds is 5. The number of nitrogens with two attached hydrogens (primary N) is 1. The second-order valence-corrected chi connectivity index (χ2v) is 6.61. The number of nitrogen functional groups attached to an aromatic ring is 1. The Kier molecular flexibility index (Phi) is 5.13. The Morgan fingerprint density at radius 3 is 2.79 bits per heavy atom. The summed E-state index contributed by atoms with van der Waals surface area (Å²) in [7, 11) is 0. The molecule has 120 valence electrons. The first-order valence-electron chi connectivity index (χ1n) is 7.03. The maximum Gasteiger partial charge on any atom is 0.221 e. The maximum atomic E-state index is 9.52. The fraction of sp³-hybridized carbons (Fsp3) is 0.125. The molecule has 0 bridgehead atoms. The highest BCUT2D eigenvalue weighted by Crippen LogP contribution is 2.31.